The molecule has 1 saturated heterocycles. The zero-order valence-electron chi connectivity index (χ0n) is 11.0. The van der Waals surface area contributed by atoms with E-state index in [0.29, 0.717) is 29.6 Å². The largest absolute Gasteiger partial charge is 0.296 e. The maximum atomic E-state index is 13.7. The van der Waals surface area contributed by atoms with E-state index in [1.165, 1.54) is 25.0 Å². The Morgan fingerprint density at radius 2 is 2.17 bits per heavy atom. The van der Waals surface area contributed by atoms with Gasteiger partial charge < -0.3 is 0 Å². The first kappa shape index (κ1) is 13.0. The summed E-state index contributed by atoms with van der Waals surface area (Å²) >= 11 is 0. The molecule has 1 aromatic carbocycles. The van der Waals surface area contributed by atoms with Crippen LogP contribution in [-0.4, -0.2) is 17.5 Å². The lowest BCUT2D eigenvalue weighted by Crippen LogP contribution is -2.40. The summed E-state index contributed by atoms with van der Waals surface area (Å²) in [5.74, 6) is 0.461. The molecule has 2 atom stereocenters. The highest BCUT2D eigenvalue weighted by Crippen LogP contribution is 2.24. The molecule has 0 bridgehead atoms. The molecule has 1 aliphatic rings. The van der Waals surface area contributed by atoms with E-state index in [1.807, 2.05) is 0 Å². The average molecular weight is 246 g/mol. The molecule has 0 spiro atoms. The number of nitriles is 1. The van der Waals surface area contributed by atoms with Gasteiger partial charge in [0.2, 0.25) is 0 Å². The molecule has 1 aromatic rings. The molecule has 2 nitrogen and oxygen atoms in total. The molecule has 0 aromatic heterocycles. The lowest BCUT2D eigenvalue weighted by Gasteiger charge is -2.36. The van der Waals surface area contributed by atoms with Gasteiger partial charge in [-0.3, -0.25) is 4.90 Å². The minimum atomic E-state index is -0.209. The van der Waals surface area contributed by atoms with E-state index in [4.69, 9.17) is 5.26 Å². The molecule has 1 heterocycles. The van der Waals surface area contributed by atoms with E-state index >= 15 is 0 Å². The summed E-state index contributed by atoms with van der Waals surface area (Å²) in [6.07, 6.45) is 2.42. The monoisotopic (exact) mass is 246 g/mol. The van der Waals surface area contributed by atoms with Crippen LogP contribution in [0.3, 0.4) is 0 Å². The smallest absolute Gasteiger partial charge is 0.127 e. The quantitative estimate of drug-likeness (QED) is 0.800. The predicted octanol–water partition coefficient (Wildman–Crippen LogP) is 3.32. The summed E-state index contributed by atoms with van der Waals surface area (Å²) in [4.78, 5) is 2.31. The van der Waals surface area contributed by atoms with Crippen molar-refractivity contribution in [1.82, 2.24) is 4.90 Å². The first-order chi connectivity index (χ1) is 8.60. The molecule has 18 heavy (non-hydrogen) atoms. The van der Waals surface area contributed by atoms with Crippen molar-refractivity contribution in [2.24, 2.45) is 5.92 Å². The van der Waals surface area contributed by atoms with Gasteiger partial charge in [0.05, 0.1) is 11.6 Å². The molecule has 1 fully saturated rings. The summed E-state index contributed by atoms with van der Waals surface area (Å²) in [6.45, 7) is 6.04. The minimum Gasteiger partial charge on any atom is -0.296 e. The third kappa shape index (κ3) is 2.88. The minimum absolute atomic E-state index is 0.209. The first-order valence-electron chi connectivity index (χ1n) is 6.52. The fraction of sp³-hybridized carbons (Fsp3) is 0.533. The van der Waals surface area contributed by atoms with E-state index in [-0.39, 0.29) is 5.82 Å². The highest BCUT2D eigenvalue weighted by atomic mass is 19.1. The second-order valence-corrected chi connectivity index (χ2v) is 5.38. The van der Waals surface area contributed by atoms with Crippen molar-refractivity contribution in [3.05, 3.63) is 35.1 Å². The molecule has 0 aliphatic carbocycles. The van der Waals surface area contributed by atoms with Crippen LogP contribution >= 0.6 is 0 Å². The maximum absolute atomic E-state index is 13.7. The molecule has 1 aliphatic heterocycles. The molecule has 2 rings (SSSR count). The summed E-state index contributed by atoms with van der Waals surface area (Å²) in [7, 11) is 0. The van der Waals surface area contributed by atoms with Crippen LogP contribution in [0.5, 0.6) is 0 Å². The Bertz CT molecular complexity index is 464. The third-order valence-electron chi connectivity index (χ3n) is 3.80. The average Bonchev–Trinajstić information content (AvgIpc) is 2.36. The highest BCUT2D eigenvalue weighted by Gasteiger charge is 2.23. The van der Waals surface area contributed by atoms with Crippen molar-refractivity contribution in [3.63, 3.8) is 0 Å². The summed E-state index contributed by atoms with van der Waals surface area (Å²) < 4.78 is 13.7. The van der Waals surface area contributed by atoms with Crippen molar-refractivity contribution in [3.8, 4) is 6.07 Å². The molecule has 0 N–H and O–H groups in total. The number of piperidine rings is 1. The van der Waals surface area contributed by atoms with Crippen molar-refractivity contribution in [2.75, 3.05) is 6.54 Å². The van der Waals surface area contributed by atoms with Crippen LogP contribution < -0.4 is 0 Å². The van der Waals surface area contributed by atoms with Crippen molar-refractivity contribution >= 4 is 0 Å². The van der Waals surface area contributed by atoms with Gasteiger partial charge in [-0.05, 0) is 43.9 Å². The second-order valence-electron chi connectivity index (χ2n) is 5.38. The number of benzene rings is 1. The zero-order valence-corrected chi connectivity index (χ0v) is 11.0. The van der Waals surface area contributed by atoms with Gasteiger partial charge in [-0.15, -0.1) is 0 Å². The maximum Gasteiger partial charge on any atom is 0.127 e. The van der Waals surface area contributed by atoms with Crippen LogP contribution in [0.2, 0.25) is 0 Å². The summed E-state index contributed by atoms with van der Waals surface area (Å²) in [5, 5.41) is 8.87. The summed E-state index contributed by atoms with van der Waals surface area (Å²) in [5.41, 5.74) is 1.17. The van der Waals surface area contributed by atoms with Crippen molar-refractivity contribution < 1.29 is 4.39 Å². The van der Waals surface area contributed by atoms with Gasteiger partial charge in [0.25, 0.3) is 0 Å². The molecule has 96 valence electrons. The number of nitrogens with zero attached hydrogens (tertiary/aromatic N) is 2. The van der Waals surface area contributed by atoms with Gasteiger partial charge in [0.1, 0.15) is 5.82 Å². The van der Waals surface area contributed by atoms with E-state index in [9.17, 15) is 4.39 Å². The first-order valence-corrected chi connectivity index (χ1v) is 6.52. The fourth-order valence-corrected chi connectivity index (χ4v) is 2.58. The van der Waals surface area contributed by atoms with Crippen LogP contribution in [0.25, 0.3) is 0 Å². The van der Waals surface area contributed by atoms with Crippen LogP contribution in [0.15, 0.2) is 18.2 Å². The standard InChI is InChI=1S/C15H19FN2/c1-11-3-4-12(2)18(9-11)10-14-7-13(8-17)5-6-15(14)16/h5-7,11-12H,3-4,9-10H2,1-2H3. The number of rotatable bonds is 2. The van der Waals surface area contributed by atoms with Gasteiger partial charge >= 0.3 is 0 Å². The highest BCUT2D eigenvalue weighted by molar-refractivity contribution is 5.33. The normalized spacial score (nSPS) is 24.8. The molecule has 0 saturated carbocycles. The lowest BCUT2D eigenvalue weighted by molar-refractivity contribution is 0.116. The molecule has 2 unspecified atom stereocenters. The Kier molecular flexibility index (Phi) is 3.98. The Hall–Kier alpha value is -1.40. The fourth-order valence-electron chi connectivity index (χ4n) is 2.58. The molecular weight excluding hydrogens is 227 g/mol. The molecular formula is C15H19FN2. The van der Waals surface area contributed by atoms with Crippen molar-refractivity contribution in [2.45, 2.75) is 39.3 Å². The lowest BCUT2D eigenvalue weighted by atomic mass is 9.94. The van der Waals surface area contributed by atoms with E-state index < -0.39 is 0 Å². The SMILES string of the molecule is CC1CCC(C)N(Cc2cc(C#N)ccc2F)C1. The van der Waals surface area contributed by atoms with Crippen LogP contribution in [0, 0.1) is 23.1 Å². The van der Waals surface area contributed by atoms with Crippen molar-refractivity contribution in [1.29, 1.82) is 5.26 Å². The second kappa shape index (κ2) is 5.49. The van der Waals surface area contributed by atoms with Gasteiger partial charge in [-0.1, -0.05) is 6.92 Å². The van der Waals surface area contributed by atoms with E-state index in [1.54, 1.807) is 6.07 Å². The van der Waals surface area contributed by atoms with Crippen LogP contribution in [-0.2, 0) is 6.54 Å². The van der Waals surface area contributed by atoms with Crippen LogP contribution in [0.4, 0.5) is 4.39 Å². The number of likely N-dealkylation sites (tertiary alicyclic amines) is 1. The summed E-state index contributed by atoms with van der Waals surface area (Å²) in [6, 6.07) is 7.15. The van der Waals surface area contributed by atoms with Gasteiger partial charge in [0, 0.05) is 24.7 Å². The van der Waals surface area contributed by atoms with Crippen LogP contribution in [0.1, 0.15) is 37.8 Å². The van der Waals surface area contributed by atoms with Gasteiger partial charge in [-0.25, -0.2) is 4.39 Å². The Balaban J connectivity index is 2.15. The number of hydrogen-bond donors (Lipinski definition) is 0. The number of halogens is 1. The van der Waals surface area contributed by atoms with E-state index in [0.717, 1.165) is 6.54 Å². The third-order valence-corrected chi connectivity index (χ3v) is 3.80. The topological polar surface area (TPSA) is 27.0 Å². The zero-order chi connectivity index (χ0) is 13.1. The molecule has 3 heteroatoms. The van der Waals surface area contributed by atoms with E-state index in [2.05, 4.69) is 24.8 Å². The van der Waals surface area contributed by atoms with Gasteiger partial charge in [0.15, 0.2) is 0 Å². The Morgan fingerprint density at radius 1 is 1.39 bits per heavy atom. The van der Waals surface area contributed by atoms with Gasteiger partial charge in [-0.2, -0.15) is 5.26 Å². The Morgan fingerprint density at radius 3 is 2.89 bits per heavy atom. The molecule has 0 radical (unpaired) electrons. The predicted molar refractivity (Wildman–Crippen MR) is 69.4 cm³/mol. The molecule has 0 amide bonds. The Labute approximate surface area is 108 Å². The number of hydrogen-bond acceptors (Lipinski definition) is 2.